The summed E-state index contributed by atoms with van der Waals surface area (Å²) in [6, 6.07) is 9.54. The first kappa shape index (κ1) is 15.9. The van der Waals surface area contributed by atoms with Crippen molar-refractivity contribution in [1.82, 2.24) is 15.2 Å². The fourth-order valence-electron chi connectivity index (χ4n) is 2.02. The van der Waals surface area contributed by atoms with E-state index in [2.05, 4.69) is 21.3 Å². The number of amides is 1. The third-order valence-corrected chi connectivity index (χ3v) is 3.71. The second-order valence-electron chi connectivity index (χ2n) is 5.03. The van der Waals surface area contributed by atoms with Gasteiger partial charge >= 0.3 is 0 Å². The normalized spacial score (nSPS) is 10.9. The average Bonchev–Trinajstić information content (AvgIpc) is 2.77. The van der Waals surface area contributed by atoms with Crippen molar-refractivity contribution >= 4 is 29.1 Å². The minimum absolute atomic E-state index is 0.233. The second kappa shape index (κ2) is 6.98. The summed E-state index contributed by atoms with van der Waals surface area (Å²) < 4.78 is 0. The lowest BCUT2D eigenvalue weighted by Crippen LogP contribution is -2.24. The maximum atomic E-state index is 12.0. The maximum absolute atomic E-state index is 12.0. The second-order valence-corrected chi connectivity index (χ2v) is 5.82. The van der Waals surface area contributed by atoms with Gasteiger partial charge in [-0.3, -0.25) is 4.79 Å². The van der Waals surface area contributed by atoms with E-state index in [-0.39, 0.29) is 11.1 Å². The van der Waals surface area contributed by atoms with Gasteiger partial charge in [-0.05, 0) is 31.3 Å². The first-order valence-electron chi connectivity index (χ1n) is 6.51. The SMILES string of the molecule is CN(C)Cc1ccccc1CNC(=O)c1cc(Cl)c(Cl)[nH]1. The molecule has 2 N–H and O–H groups in total. The van der Waals surface area contributed by atoms with Crippen LogP contribution in [-0.4, -0.2) is 29.9 Å². The molecule has 0 bridgehead atoms. The van der Waals surface area contributed by atoms with Gasteiger partial charge < -0.3 is 15.2 Å². The number of nitrogens with one attached hydrogen (secondary N) is 2. The molecule has 1 aromatic heterocycles. The minimum atomic E-state index is -0.233. The van der Waals surface area contributed by atoms with Crippen LogP contribution in [0.3, 0.4) is 0 Å². The number of carbonyl (C=O) groups excluding carboxylic acids is 1. The van der Waals surface area contributed by atoms with Crippen LogP contribution in [-0.2, 0) is 13.1 Å². The van der Waals surface area contributed by atoms with E-state index < -0.39 is 0 Å². The van der Waals surface area contributed by atoms with Gasteiger partial charge in [-0.2, -0.15) is 0 Å². The molecule has 0 saturated heterocycles. The van der Waals surface area contributed by atoms with Crippen molar-refractivity contribution in [3.63, 3.8) is 0 Å². The third kappa shape index (κ3) is 4.24. The Morgan fingerprint density at radius 2 is 1.90 bits per heavy atom. The molecule has 0 saturated carbocycles. The molecule has 0 unspecified atom stereocenters. The van der Waals surface area contributed by atoms with Gasteiger partial charge in [0.15, 0.2) is 0 Å². The van der Waals surface area contributed by atoms with Crippen LogP contribution < -0.4 is 5.32 Å². The first-order chi connectivity index (χ1) is 9.97. The van der Waals surface area contributed by atoms with Crippen LogP contribution in [0.2, 0.25) is 10.2 Å². The number of halogens is 2. The number of carbonyl (C=O) groups is 1. The highest BCUT2D eigenvalue weighted by atomic mass is 35.5. The maximum Gasteiger partial charge on any atom is 0.268 e. The largest absolute Gasteiger partial charge is 0.347 e. The first-order valence-corrected chi connectivity index (χ1v) is 7.26. The van der Waals surface area contributed by atoms with E-state index in [9.17, 15) is 4.79 Å². The van der Waals surface area contributed by atoms with Crippen LogP contribution in [0.1, 0.15) is 21.6 Å². The monoisotopic (exact) mass is 325 g/mol. The predicted octanol–water partition coefficient (Wildman–Crippen LogP) is 3.31. The Kier molecular flexibility index (Phi) is 5.28. The lowest BCUT2D eigenvalue weighted by Gasteiger charge is -2.14. The Labute approximate surface area is 134 Å². The average molecular weight is 326 g/mol. The summed E-state index contributed by atoms with van der Waals surface area (Å²) in [6.45, 7) is 1.28. The van der Waals surface area contributed by atoms with Crippen LogP contribution in [0.15, 0.2) is 30.3 Å². The third-order valence-electron chi connectivity index (χ3n) is 3.01. The Morgan fingerprint density at radius 1 is 1.24 bits per heavy atom. The number of aromatic amines is 1. The molecule has 0 atom stereocenters. The molecule has 1 aromatic carbocycles. The summed E-state index contributed by atoms with van der Waals surface area (Å²) in [7, 11) is 4.02. The zero-order chi connectivity index (χ0) is 15.4. The fourth-order valence-corrected chi connectivity index (χ4v) is 2.33. The highest BCUT2D eigenvalue weighted by Gasteiger charge is 2.12. The van der Waals surface area contributed by atoms with Crippen LogP contribution >= 0.6 is 23.2 Å². The van der Waals surface area contributed by atoms with Crippen molar-refractivity contribution in [2.24, 2.45) is 0 Å². The van der Waals surface area contributed by atoms with Crippen molar-refractivity contribution < 1.29 is 4.79 Å². The summed E-state index contributed by atoms with van der Waals surface area (Å²) in [5.74, 6) is -0.233. The van der Waals surface area contributed by atoms with Crippen LogP contribution in [0, 0.1) is 0 Å². The van der Waals surface area contributed by atoms with E-state index in [1.54, 1.807) is 0 Å². The van der Waals surface area contributed by atoms with Gasteiger partial charge in [0.2, 0.25) is 0 Å². The van der Waals surface area contributed by atoms with E-state index in [0.717, 1.165) is 12.1 Å². The number of H-pyrrole nitrogens is 1. The zero-order valence-corrected chi connectivity index (χ0v) is 13.4. The van der Waals surface area contributed by atoms with E-state index >= 15 is 0 Å². The van der Waals surface area contributed by atoms with Crippen molar-refractivity contribution in [3.8, 4) is 0 Å². The molecule has 1 heterocycles. The molecule has 21 heavy (non-hydrogen) atoms. The molecule has 1 amide bonds. The molecule has 0 fully saturated rings. The molecule has 6 heteroatoms. The van der Waals surface area contributed by atoms with Gasteiger partial charge in [0.05, 0.1) is 5.02 Å². The van der Waals surface area contributed by atoms with E-state index in [4.69, 9.17) is 23.2 Å². The van der Waals surface area contributed by atoms with Gasteiger partial charge in [0.25, 0.3) is 5.91 Å². The number of rotatable bonds is 5. The number of hydrogen-bond donors (Lipinski definition) is 2. The molecule has 112 valence electrons. The predicted molar refractivity (Wildman–Crippen MR) is 85.8 cm³/mol. The Bertz CT molecular complexity index is 618. The summed E-state index contributed by atoms with van der Waals surface area (Å²) in [5, 5.41) is 3.48. The van der Waals surface area contributed by atoms with Crippen LogP contribution in [0.5, 0.6) is 0 Å². The molecule has 2 rings (SSSR count). The number of nitrogens with zero attached hydrogens (tertiary/aromatic N) is 1. The molecule has 0 aliphatic carbocycles. The molecular formula is C15H17Cl2N3O. The van der Waals surface area contributed by atoms with Crippen molar-refractivity contribution in [1.29, 1.82) is 0 Å². The molecule has 0 radical (unpaired) electrons. The highest BCUT2D eigenvalue weighted by molar-refractivity contribution is 6.41. The summed E-state index contributed by atoms with van der Waals surface area (Å²) in [6.07, 6.45) is 0. The molecule has 0 aliphatic rings. The summed E-state index contributed by atoms with van der Waals surface area (Å²) in [5.41, 5.74) is 2.63. The number of aromatic nitrogens is 1. The molecular weight excluding hydrogens is 309 g/mol. The van der Waals surface area contributed by atoms with Crippen LogP contribution in [0.4, 0.5) is 0 Å². The lowest BCUT2D eigenvalue weighted by molar-refractivity contribution is 0.0946. The van der Waals surface area contributed by atoms with Gasteiger partial charge in [-0.15, -0.1) is 0 Å². The van der Waals surface area contributed by atoms with Gasteiger partial charge in [0, 0.05) is 13.1 Å². The molecule has 0 aliphatic heterocycles. The van der Waals surface area contributed by atoms with Crippen molar-refractivity contribution in [3.05, 3.63) is 57.3 Å². The van der Waals surface area contributed by atoms with E-state index in [1.165, 1.54) is 11.6 Å². The summed E-state index contributed by atoms with van der Waals surface area (Å²) in [4.78, 5) is 16.9. The smallest absolute Gasteiger partial charge is 0.268 e. The van der Waals surface area contributed by atoms with Crippen LogP contribution in [0.25, 0.3) is 0 Å². The van der Waals surface area contributed by atoms with Gasteiger partial charge in [-0.1, -0.05) is 47.5 Å². The highest BCUT2D eigenvalue weighted by Crippen LogP contribution is 2.21. The van der Waals surface area contributed by atoms with Gasteiger partial charge in [-0.25, -0.2) is 0 Å². The summed E-state index contributed by atoms with van der Waals surface area (Å²) >= 11 is 11.6. The standard InChI is InChI=1S/C15H17Cl2N3O/c1-20(2)9-11-6-4-3-5-10(11)8-18-15(21)13-7-12(16)14(17)19-13/h3-7,19H,8-9H2,1-2H3,(H,18,21). The zero-order valence-electron chi connectivity index (χ0n) is 11.9. The fraction of sp³-hybridized carbons (Fsp3) is 0.267. The quantitative estimate of drug-likeness (QED) is 0.885. The van der Waals surface area contributed by atoms with Crippen molar-refractivity contribution in [2.45, 2.75) is 13.1 Å². The number of hydrogen-bond acceptors (Lipinski definition) is 2. The minimum Gasteiger partial charge on any atom is -0.347 e. The Balaban J connectivity index is 2.04. The van der Waals surface area contributed by atoms with E-state index in [0.29, 0.717) is 17.3 Å². The van der Waals surface area contributed by atoms with E-state index in [1.807, 2.05) is 32.3 Å². The molecule has 4 nitrogen and oxygen atoms in total. The van der Waals surface area contributed by atoms with Crippen molar-refractivity contribution in [2.75, 3.05) is 14.1 Å². The molecule has 2 aromatic rings. The number of benzene rings is 1. The Morgan fingerprint density at radius 3 is 2.48 bits per heavy atom. The lowest BCUT2D eigenvalue weighted by atomic mass is 10.1. The van der Waals surface area contributed by atoms with Gasteiger partial charge in [0.1, 0.15) is 10.8 Å². The Hall–Kier alpha value is -1.49. The topological polar surface area (TPSA) is 48.1 Å². The molecule has 0 spiro atoms.